The van der Waals surface area contributed by atoms with Gasteiger partial charge in [-0.05, 0) is 27.7 Å². The van der Waals surface area contributed by atoms with Gasteiger partial charge in [-0.2, -0.15) is 0 Å². The summed E-state index contributed by atoms with van der Waals surface area (Å²) in [6.07, 6.45) is 5.04. The third-order valence-corrected chi connectivity index (χ3v) is 1.27. The maximum atomic E-state index is 11.3. The summed E-state index contributed by atoms with van der Waals surface area (Å²) < 4.78 is 5.13. The normalized spacial score (nSPS) is 13.2. The molecule has 0 rings (SSSR count). The Bertz CT molecular complexity index is 210. The maximum absolute atomic E-state index is 11.3. The van der Waals surface area contributed by atoms with E-state index in [2.05, 4.69) is 11.2 Å². The first-order valence-corrected chi connectivity index (χ1v) is 4.26. The van der Waals surface area contributed by atoms with Crippen LogP contribution in [0.2, 0.25) is 0 Å². The average molecular weight is 183 g/mol. The van der Waals surface area contributed by atoms with Crippen molar-refractivity contribution in [3.63, 3.8) is 0 Å². The number of esters is 1. The Labute approximate surface area is 79.8 Å². The lowest BCUT2D eigenvalue weighted by atomic mass is 10.2. The van der Waals surface area contributed by atoms with Gasteiger partial charge in [0.15, 0.2) is 0 Å². The van der Waals surface area contributed by atoms with Gasteiger partial charge >= 0.3 is 5.97 Å². The first-order valence-electron chi connectivity index (χ1n) is 4.26. The van der Waals surface area contributed by atoms with Crippen molar-refractivity contribution < 1.29 is 9.53 Å². The van der Waals surface area contributed by atoms with Crippen molar-refractivity contribution in [2.75, 3.05) is 6.54 Å². The number of nitrogens with one attached hydrogen (secondary N) is 1. The van der Waals surface area contributed by atoms with Crippen molar-refractivity contribution in [3.8, 4) is 12.3 Å². The fraction of sp³-hybridized carbons (Fsp3) is 0.700. The Morgan fingerprint density at radius 3 is 2.54 bits per heavy atom. The molecule has 0 heterocycles. The van der Waals surface area contributed by atoms with Crippen molar-refractivity contribution in [1.29, 1.82) is 0 Å². The Morgan fingerprint density at radius 1 is 1.62 bits per heavy atom. The molecular formula is C10H17NO2. The van der Waals surface area contributed by atoms with Crippen LogP contribution in [0.25, 0.3) is 0 Å². The summed E-state index contributed by atoms with van der Waals surface area (Å²) in [5.41, 5.74) is -0.441. The molecule has 0 fully saturated rings. The molecule has 0 aliphatic rings. The molecule has 13 heavy (non-hydrogen) atoms. The number of ether oxygens (including phenoxy) is 1. The van der Waals surface area contributed by atoms with Crippen LogP contribution in [-0.4, -0.2) is 24.2 Å². The Balaban J connectivity index is 3.91. The van der Waals surface area contributed by atoms with E-state index in [0.717, 1.165) is 0 Å². The average Bonchev–Trinajstić information content (AvgIpc) is 1.96. The molecule has 0 radical (unpaired) electrons. The van der Waals surface area contributed by atoms with Crippen LogP contribution in [0, 0.1) is 12.3 Å². The lowest BCUT2D eigenvalue weighted by Crippen LogP contribution is -2.39. The van der Waals surface area contributed by atoms with Crippen LogP contribution in [0.15, 0.2) is 0 Å². The molecule has 0 saturated heterocycles. The molecule has 0 aromatic rings. The summed E-state index contributed by atoms with van der Waals surface area (Å²) in [6.45, 7) is 7.60. The molecule has 1 N–H and O–H groups in total. The maximum Gasteiger partial charge on any atom is 0.323 e. The molecule has 0 aliphatic heterocycles. The second-order valence-corrected chi connectivity index (χ2v) is 3.84. The molecule has 1 unspecified atom stereocenters. The first kappa shape index (κ1) is 12.0. The standard InChI is InChI=1S/C10H17NO2/c1-6-7-11-8(2)9(12)13-10(3,4)5/h1,8,11H,7H2,2-5H3. The zero-order valence-corrected chi connectivity index (χ0v) is 8.68. The Morgan fingerprint density at radius 2 is 2.15 bits per heavy atom. The Hall–Kier alpha value is -1.01. The number of hydrogen-bond donors (Lipinski definition) is 1. The summed E-state index contributed by atoms with van der Waals surface area (Å²) in [5.74, 6) is 2.12. The van der Waals surface area contributed by atoms with E-state index in [9.17, 15) is 4.79 Å². The predicted molar refractivity (Wildman–Crippen MR) is 52.1 cm³/mol. The minimum atomic E-state index is -0.441. The number of terminal acetylenes is 1. The topological polar surface area (TPSA) is 38.3 Å². The minimum absolute atomic E-state index is 0.275. The van der Waals surface area contributed by atoms with Crippen molar-refractivity contribution in [3.05, 3.63) is 0 Å². The highest BCUT2D eigenvalue weighted by atomic mass is 16.6. The highest BCUT2D eigenvalue weighted by molar-refractivity contribution is 5.75. The van der Waals surface area contributed by atoms with Gasteiger partial charge in [0.25, 0.3) is 0 Å². The zero-order valence-electron chi connectivity index (χ0n) is 8.68. The number of carbonyl (C=O) groups is 1. The number of carbonyl (C=O) groups excluding carboxylic acids is 1. The van der Waals surface area contributed by atoms with Gasteiger partial charge in [0.1, 0.15) is 11.6 Å². The van der Waals surface area contributed by atoms with Crippen molar-refractivity contribution in [1.82, 2.24) is 5.32 Å². The molecule has 1 atom stereocenters. The molecular weight excluding hydrogens is 166 g/mol. The van der Waals surface area contributed by atoms with Crippen molar-refractivity contribution >= 4 is 5.97 Å². The fourth-order valence-corrected chi connectivity index (χ4v) is 0.686. The lowest BCUT2D eigenvalue weighted by Gasteiger charge is -2.22. The molecule has 3 nitrogen and oxygen atoms in total. The highest BCUT2D eigenvalue weighted by Gasteiger charge is 2.20. The van der Waals surface area contributed by atoms with Crippen LogP contribution in [-0.2, 0) is 9.53 Å². The molecule has 0 bridgehead atoms. The summed E-state index contributed by atoms with van der Waals surface area (Å²) in [6, 6.07) is -0.352. The third kappa shape index (κ3) is 6.18. The number of rotatable bonds is 3. The molecule has 0 amide bonds. The monoisotopic (exact) mass is 183 g/mol. The van der Waals surface area contributed by atoms with Crippen LogP contribution >= 0.6 is 0 Å². The molecule has 0 aliphatic carbocycles. The zero-order chi connectivity index (χ0) is 10.5. The van der Waals surface area contributed by atoms with Crippen LogP contribution in [0.3, 0.4) is 0 Å². The van der Waals surface area contributed by atoms with E-state index >= 15 is 0 Å². The van der Waals surface area contributed by atoms with E-state index in [0.29, 0.717) is 6.54 Å². The summed E-state index contributed by atoms with van der Waals surface area (Å²) in [4.78, 5) is 11.3. The van der Waals surface area contributed by atoms with E-state index in [1.807, 2.05) is 20.8 Å². The quantitative estimate of drug-likeness (QED) is 0.522. The van der Waals surface area contributed by atoms with E-state index in [4.69, 9.17) is 11.2 Å². The van der Waals surface area contributed by atoms with Gasteiger partial charge in [0, 0.05) is 0 Å². The molecule has 3 heteroatoms. The van der Waals surface area contributed by atoms with Gasteiger partial charge in [-0.15, -0.1) is 6.42 Å². The Kier molecular flexibility index (Phi) is 4.50. The SMILES string of the molecule is C#CCNC(C)C(=O)OC(C)(C)C. The smallest absolute Gasteiger partial charge is 0.323 e. The summed E-state index contributed by atoms with van der Waals surface area (Å²) >= 11 is 0. The van der Waals surface area contributed by atoms with E-state index < -0.39 is 5.60 Å². The second-order valence-electron chi connectivity index (χ2n) is 3.84. The van der Waals surface area contributed by atoms with Gasteiger partial charge in [-0.25, -0.2) is 0 Å². The molecule has 0 aromatic carbocycles. The van der Waals surface area contributed by atoms with Crippen LogP contribution in [0.4, 0.5) is 0 Å². The van der Waals surface area contributed by atoms with E-state index in [1.165, 1.54) is 0 Å². The largest absolute Gasteiger partial charge is 0.459 e. The van der Waals surface area contributed by atoms with Crippen LogP contribution in [0.5, 0.6) is 0 Å². The van der Waals surface area contributed by atoms with Gasteiger partial charge in [-0.3, -0.25) is 10.1 Å². The van der Waals surface area contributed by atoms with Gasteiger partial charge in [0.05, 0.1) is 6.54 Å². The van der Waals surface area contributed by atoms with Crippen molar-refractivity contribution in [2.24, 2.45) is 0 Å². The van der Waals surface area contributed by atoms with Gasteiger partial charge < -0.3 is 4.74 Å². The fourth-order valence-electron chi connectivity index (χ4n) is 0.686. The third-order valence-electron chi connectivity index (χ3n) is 1.27. The first-order chi connectivity index (χ1) is 5.87. The second kappa shape index (κ2) is 4.88. The molecule has 0 saturated carbocycles. The minimum Gasteiger partial charge on any atom is -0.459 e. The van der Waals surface area contributed by atoms with Crippen LogP contribution in [0.1, 0.15) is 27.7 Å². The van der Waals surface area contributed by atoms with E-state index in [-0.39, 0.29) is 12.0 Å². The predicted octanol–water partition coefficient (Wildman–Crippen LogP) is 0.939. The van der Waals surface area contributed by atoms with Crippen LogP contribution < -0.4 is 5.32 Å². The van der Waals surface area contributed by atoms with Gasteiger partial charge in [-0.1, -0.05) is 5.92 Å². The lowest BCUT2D eigenvalue weighted by molar-refractivity contribution is -0.156. The molecule has 74 valence electrons. The molecule has 0 aromatic heterocycles. The van der Waals surface area contributed by atoms with Crippen molar-refractivity contribution in [2.45, 2.75) is 39.3 Å². The summed E-state index contributed by atoms with van der Waals surface area (Å²) in [7, 11) is 0. The highest BCUT2D eigenvalue weighted by Crippen LogP contribution is 2.07. The number of hydrogen-bond acceptors (Lipinski definition) is 3. The van der Waals surface area contributed by atoms with E-state index in [1.54, 1.807) is 6.92 Å². The van der Waals surface area contributed by atoms with Gasteiger partial charge in [0.2, 0.25) is 0 Å². The molecule has 0 spiro atoms. The summed E-state index contributed by atoms with van der Waals surface area (Å²) in [5, 5.41) is 2.84.